The highest BCUT2D eigenvalue weighted by Gasteiger charge is 2.39. The summed E-state index contributed by atoms with van der Waals surface area (Å²) in [5.74, 6) is 0.487. The van der Waals surface area contributed by atoms with Crippen LogP contribution in [0.15, 0.2) is 0 Å². The van der Waals surface area contributed by atoms with Gasteiger partial charge in [0.1, 0.15) is 6.04 Å². The lowest BCUT2D eigenvalue weighted by atomic mass is 10.1. The van der Waals surface area contributed by atoms with Crippen LogP contribution in [0, 0.1) is 5.92 Å². The largest absolute Gasteiger partial charge is 0.468 e. The minimum Gasteiger partial charge on any atom is -0.468 e. The van der Waals surface area contributed by atoms with Crippen LogP contribution >= 0.6 is 0 Å². The van der Waals surface area contributed by atoms with Gasteiger partial charge in [-0.15, -0.1) is 0 Å². The van der Waals surface area contributed by atoms with Crippen molar-refractivity contribution in [2.24, 2.45) is 5.92 Å². The van der Waals surface area contributed by atoms with Crippen LogP contribution in [-0.2, 0) is 9.53 Å². The Morgan fingerprint density at radius 1 is 1.47 bits per heavy atom. The molecule has 15 heavy (non-hydrogen) atoms. The van der Waals surface area contributed by atoms with Gasteiger partial charge in [-0.05, 0) is 38.8 Å². The van der Waals surface area contributed by atoms with E-state index in [0.717, 1.165) is 6.54 Å². The first kappa shape index (κ1) is 12.5. The monoisotopic (exact) mass is 213 g/mol. The molecule has 0 N–H and O–H groups in total. The zero-order chi connectivity index (χ0) is 11.3. The van der Waals surface area contributed by atoms with Crippen molar-refractivity contribution in [2.75, 3.05) is 20.7 Å². The van der Waals surface area contributed by atoms with E-state index in [1.54, 1.807) is 0 Å². The number of ether oxygens (including phenoxy) is 1. The number of rotatable bonds is 7. The van der Waals surface area contributed by atoms with Gasteiger partial charge in [0.25, 0.3) is 0 Å². The molecule has 0 spiro atoms. The minimum atomic E-state index is -0.0588. The molecule has 1 aliphatic carbocycles. The lowest BCUT2D eigenvalue weighted by molar-refractivity contribution is -0.147. The third-order valence-electron chi connectivity index (χ3n) is 3.10. The Hall–Kier alpha value is -0.570. The summed E-state index contributed by atoms with van der Waals surface area (Å²) in [4.78, 5) is 13.8. The van der Waals surface area contributed by atoms with Gasteiger partial charge in [-0.2, -0.15) is 0 Å². The van der Waals surface area contributed by atoms with E-state index < -0.39 is 0 Å². The molecule has 1 saturated carbocycles. The standard InChI is InChI=1S/C12H23NO2/c1-4-5-6-9-13(2)11(10-7-8-10)12(14)15-3/h10-11H,4-9H2,1-3H3. The third kappa shape index (κ3) is 3.82. The number of hydrogen-bond acceptors (Lipinski definition) is 3. The molecule has 88 valence electrons. The number of nitrogens with zero attached hydrogens (tertiary/aromatic N) is 1. The Morgan fingerprint density at radius 3 is 2.60 bits per heavy atom. The van der Waals surface area contributed by atoms with Gasteiger partial charge in [0, 0.05) is 0 Å². The number of hydrogen-bond donors (Lipinski definition) is 0. The molecule has 1 aliphatic rings. The Bertz CT molecular complexity index is 202. The van der Waals surface area contributed by atoms with E-state index >= 15 is 0 Å². The molecule has 1 unspecified atom stereocenters. The van der Waals surface area contributed by atoms with Gasteiger partial charge in [-0.25, -0.2) is 0 Å². The van der Waals surface area contributed by atoms with Crippen LogP contribution in [0.5, 0.6) is 0 Å². The fraction of sp³-hybridized carbons (Fsp3) is 0.917. The summed E-state index contributed by atoms with van der Waals surface area (Å²) in [6.07, 6.45) is 5.99. The Kier molecular flexibility index (Phi) is 5.09. The first-order valence-corrected chi connectivity index (χ1v) is 5.98. The zero-order valence-corrected chi connectivity index (χ0v) is 10.2. The first-order valence-electron chi connectivity index (χ1n) is 5.98. The molecule has 0 aliphatic heterocycles. The quantitative estimate of drug-likeness (QED) is 0.479. The van der Waals surface area contributed by atoms with E-state index in [-0.39, 0.29) is 12.0 Å². The van der Waals surface area contributed by atoms with Gasteiger partial charge in [0.05, 0.1) is 7.11 Å². The lowest BCUT2D eigenvalue weighted by Crippen LogP contribution is -2.41. The predicted octanol–water partition coefficient (Wildman–Crippen LogP) is 2.06. The lowest BCUT2D eigenvalue weighted by Gasteiger charge is -2.25. The predicted molar refractivity (Wildman–Crippen MR) is 60.7 cm³/mol. The van der Waals surface area contributed by atoms with Crippen LogP contribution in [-0.4, -0.2) is 37.6 Å². The average Bonchev–Trinajstić information content (AvgIpc) is 3.02. The number of methoxy groups -OCH3 is 1. The molecule has 0 radical (unpaired) electrons. The van der Waals surface area contributed by atoms with Crippen LogP contribution in [0.1, 0.15) is 39.0 Å². The SMILES string of the molecule is CCCCCN(C)C(C(=O)OC)C1CC1. The van der Waals surface area contributed by atoms with Crippen LogP contribution in [0.4, 0.5) is 0 Å². The summed E-state index contributed by atoms with van der Waals surface area (Å²) in [5, 5.41) is 0. The molecule has 3 heteroatoms. The highest BCUT2D eigenvalue weighted by Crippen LogP contribution is 2.35. The topological polar surface area (TPSA) is 29.5 Å². The minimum absolute atomic E-state index is 0.00635. The average molecular weight is 213 g/mol. The molecule has 0 bridgehead atoms. The first-order chi connectivity index (χ1) is 7.20. The second kappa shape index (κ2) is 6.11. The van der Waals surface area contributed by atoms with Crippen molar-refractivity contribution in [3.05, 3.63) is 0 Å². The maximum Gasteiger partial charge on any atom is 0.323 e. The van der Waals surface area contributed by atoms with Gasteiger partial charge < -0.3 is 4.74 Å². The summed E-state index contributed by atoms with van der Waals surface area (Å²) in [5.41, 5.74) is 0. The van der Waals surface area contributed by atoms with Gasteiger partial charge in [-0.1, -0.05) is 19.8 Å². The van der Waals surface area contributed by atoms with Crippen molar-refractivity contribution >= 4 is 5.97 Å². The second-order valence-electron chi connectivity index (χ2n) is 4.49. The molecule has 3 nitrogen and oxygen atoms in total. The summed E-state index contributed by atoms with van der Waals surface area (Å²) in [6, 6.07) is 0.00635. The van der Waals surface area contributed by atoms with Gasteiger partial charge >= 0.3 is 5.97 Å². The summed E-state index contributed by atoms with van der Waals surface area (Å²) < 4.78 is 4.86. The van der Waals surface area contributed by atoms with Crippen LogP contribution < -0.4 is 0 Å². The highest BCUT2D eigenvalue weighted by atomic mass is 16.5. The molecular weight excluding hydrogens is 190 g/mol. The number of carbonyl (C=O) groups excluding carboxylic acids is 1. The second-order valence-corrected chi connectivity index (χ2v) is 4.49. The molecule has 1 fully saturated rings. The smallest absolute Gasteiger partial charge is 0.323 e. The summed E-state index contributed by atoms with van der Waals surface area (Å²) >= 11 is 0. The van der Waals surface area contributed by atoms with Crippen molar-refractivity contribution < 1.29 is 9.53 Å². The normalized spacial score (nSPS) is 17.9. The molecule has 0 saturated heterocycles. The van der Waals surface area contributed by atoms with Crippen LogP contribution in [0.2, 0.25) is 0 Å². The molecule has 0 aromatic carbocycles. The number of likely N-dealkylation sites (N-methyl/N-ethyl adjacent to an activating group) is 1. The maximum absolute atomic E-state index is 11.6. The van der Waals surface area contributed by atoms with E-state index in [1.807, 2.05) is 7.05 Å². The molecule has 1 atom stereocenters. The number of esters is 1. The fourth-order valence-electron chi connectivity index (χ4n) is 2.02. The van der Waals surface area contributed by atoms with Crippen molar-refractivity contribution in [2.45, 2.75) is 45.1 Å². The molecule has 1 rings (SSSR count). The Labute approximate surface area is 92.8 Å². The molecule has 0 aromatic heterocycles. The van der Waals surface area contributed by atoms with Gasteiger partial charge in [-0.3, -0.25) is 9.69 Å². The van der Waals surface area contributed by atoms with E-state index in [2.05, 4.69) is 11.8 Å². The molecular formula is C12H23NO2. The Morgan fingerprint density at radius 2 is 2.13 bits per heavy atom. The van der Waals surface area contributed by atoms with E-state index in [4.69, 9.17) is 4.74 Å². The van der Waals surface area contributed by atoms with Crippen LogP contribution in [0.25, 0.3) is 0 Å². The molecule has 0 heterocycles. The molecule has 0 aromatic rings. The van der Waals surface area contributed by atoms with Gasteiger partial charge in [0.2, 0.25) is 0 Å². The van der Waals surface area contributed by atoms with Gasteiger partial charge in [0.15, 0.2) is 0 Å². The zero-order valence-electron chi connectivity index (χ0n) is 10.2. The maximum atomic E-state index is 11.6. The fourth-order valence-corrected chi connectivity index (χ4v) is 2.02. The summed E-state index contributed by atoms with van der Waals surface area (Å²) in [7, 11) is 3.52. The number of unbranched alkanes of at least 4 members (excludes halogenated alkanes) is 2. The van der Waals surface area contributed by atoms with E-state index in [9.17, 15) is 4.79 Å². The molecule has 0 amide bonds. The number of carbonyl (C=O) groups is 1. The Balaban J connectivity index is 2.37. The van der Waals surface area contributed by atoms with Crippen LogP contribution in [0.3, 0.4) is 0 Å². The van der Waals surface area contributed by atoms with Crippen molar-refractivity contribution in [3.63, 3.8) is 0 Å². The van der Waals surface area contributed by atoms with Crippen molar-refractivity contribution in [1.82, 2.24) is 4.90 Å². The van der Waals surface area contributed by atoms with E-state index in [0.29, 0.717) is 5.92 Å². The van der Waals surface area contributed by atoms with Crippen molar-refractivity contribution in [1.29, 1.82) is 0 Å². The third-order valence-corrected chi connectivity index (χ3v) is 3.10. The highest BCUT2D eigenvalue weighted by molar-refractivity contribution is 5.76. The summed E-state index contributed by atoms with van der Waals surface area (Å²) in [6.45, 7) is 3.20. The van der Waals surface area contributed by atoms with E-state index in [1.165, 1.54) is 39.2 Å². The van der Waals surface area contributed by atoms with Crippen molar-refractivity contribution in [3.8, 4) is 0 Å².